The maximum Gasteiger partial charge on any atom is 0.343 e. The smallest absolute Gasteiger partial charge is 0.343 e. The molecule has 3 rings (SSSR count). The van der Waals surface area contributed by atoms with Crippen LogP contribution in [0, 0.1) is 3.57 Å². The molecule has 0 fully saturated rings. The highest BCUT2D eigenvalue weighted by molar-refractivity contribution is 14.1. The van der Waals surface area contributed by atoms with E-state index >= 15 is 0 Å². The molecule has 7 heteroatoms. The number of ether oxygens (including phenoxy) is 1. The second-order valence-corrected chi connectivity index (χ2v) is 7.25. The minimum atomic E-state index is -0.488. The van der Waals surface area contributed by atoms with Crippen LogP contribution in [0.3, 0.4) is 0 Å². The van der Waals surface area contributed by atoms with Gasteiger partial charge in [-0.3, -0.25) is 4.79 Å². The van der Waals surface area contributed by atoms with Gasteiger partial charge in [0.25, 0.3) is 5.91 Å². The average molecular weight is 505 g/mol. The van der Waals surface area contributed by atoms with E-state index in [1.165, 1.54) is 6.21 Å². The predicted molar refractivity (Wildman–Crippen MR) is 117 cm³/mol. The predicted octanol–water partition coefficient (Wildman–Crippen LogP) is 4.93. The second-order valence-electron chi connectivity index (χ2n) is 5.65. The number of halogens is 2. The fraction of sp³-hybridized carbons (Fsp3) is 0. The van der Waals surface area contributed by atoms with E-state index < -0.39 is 5.97 Å². The molecular weight excluding hydrogens is 491 g/mol. The van der Waals surface area contributed by atoms with Crippen LogP contribution in [0.5, 0.6) is 5.75 Å². The van der Waals surface area contributed by atoms with Crippen molar-refractivity contribution < 1.29 is 14.3 Å². The zero-order chi connectivity index (χ0) is 19.9. The van der Waals surface area contributed by atoms with E-state index in [-0.39, 0.29) is 5.91 Å². The number of benzene rings is 3. The van der Waals surface area contributed by atoms with Crippen molar-refractivity contribution in [2.45, 2.75) is 0 Å². The molecule has 3 aromatic rings. The first kappa shape index (κ1) is 20.0. The molecule has 0 bridgehead atoms. The molecule has 0 spiro atoms. The number of esters is 1. The lowest BCUT2D eigenvalue weighted by molar-refractivity contribution is 0.0734. The second kappa shape index (κ2) is 9.48. The lowest BCUT2D eigenvalue weighted by atomic mass is 10.2. The van der Waals surface area contributed by atoms with Crippen LogP contribution >= 0.6 is 34.2 Å². The molecule has 1 amide bonds. The van der Waals surface area contributed by atoms with Crippen molar-refractivity contribution >= 4 is 52.3 Å². The Hall–Kier alpha value is -2.71. The number of nitrogens with one attached hydrogen (secondary N) is 1. The van der Waals surface area contributed by atoms with Gasteiger partial charge in [0.2, 0.25) is 0 Å². The van der Waals surface area contributed by atoms with Crippen LogP contribution in [0.1, 0.15) is 26.3 Å². The van der Waals surface area contributed by atoms with Crippen LogP contribution in [0.4, 0.5) is 0 Å². The zero-order valence-corrected chi connectivity index (χ0v) is 17.3. The topological polar surface area (TPSA) is 67.8 Å². The third kappa shape index (κ3) is 5.40. The number of hydrazone groups is 1. The molecule has 0 heterocycles. The Bertz CT molecular complexity index is 1040. The molecule has 0 aliphatic carbocycles. The SMILES string of the molecule is O=C(Oc1cccc(/C=N\NC(=O)c2ccccc2I)c1)c1ccc(Cl)cc1. The van der Waals surface area contributed by atoms with Gasteiger partial charge in [0.1, 0.15) is 5.75 Å². The summed E-state index contributed by atoms with van der Waals surface area (Å²) in [5, 5.41) is 4.51. The number of rotatable bonds is 5. The fourth-order valence-corrected chi connectivity index (χ4v) is 3.04. The molecule has 1 N–H and O–H groups in total. The zero-order valence-electron chi connectivity index (χ0n) is 14.4. The molecule has 3 aromatic carbocycles. The van der Waals surface area contributed by atoms with Crippen LogP contribution in [-0.4, -0.2) is 18.1 Å². The molecular formula is C21H14ClIN2O3. The van der Waals surface area contributed by atoms with Crippen molar-refractivity contribution in [3.8, 4) is 5.75 Å². The van der Waals surface area contributed by atoms with Crippen LogP contribution in [0.15, 0.2) is 77.9 Å². The first-order valence-corrected chi connectivity index (χ1v) is 9.64. The van der Waals surface area contributed by atoms with Gasteiger partial charge >= 0.3 is 5.97 Å². The van der Waals surface area contributed by atoms with Gasteiger partial charge in [0.05, 0.1) is 17.3 Å². The summed E-state index contributed by atoms with van der Waals surface area (Å²) in [7, 11) is 0. The van der Waals surface area contributed by atoms with Crippen LogP contribution in [-0.2, 0) is 0 Å². The van der Waals surface area contributed by atoms with E-state index in [1.54, 1.807) is 60.7 Å². The van der Waals surface area contributed by atoms with E-state index in [9.17, 15) is 9.59 Å². The van der Waals surface area contributed by atoms with Crippen molar-refractivity contribution in [1.29, 1.82) is 0 Å². The van der Waals surface area contributed by atoms with Crippen molar-refractivity contribution in [1.82, 2.24) is 5.43 Å². The minimum Gasteiger partial charge on any atom is -0.423 e. The lowest BCUT2D eigenvalue weighted by Crippen LogP contribution is -2.18. The molecule has 0 unspecified atom stereocenters. The molecule has 28 heavy (non-hydrogen) atoms. The van der Waals surface area contributed by atoms with Gasteiger partial charge in [0.15, 0.2) is 0 Å². The average Bonchev–Trinajstić information content (AvgIpc) is 2.69. The Morgan fingerprint density at radius 1 is 1.00 bits per heavy atom. The van der Waals surface area contributed by atoms with Crippen LogP contribution < -0.4 is 10.2 Å². The normalized spacial score (nSPS) is 10.6. The number of carbonyl (C=O) groups excluding carboxylic acids is 2. The highest BCUT2D eigenvalue weighted by atomic mass is 127. The standard InChI is InChI=1S/C21H14ClIN2O3/c22-16-10-8-15(9-11-16)21(27)28-17-5-3-4-14(12-17)13-24-25-20(26)18-6-1-2-7-19(18)23/h1-13H,(H,25,26)/b24-13-. The largest absolute Gasteiger partial charge is 0.423 e. The quantitative estimate of drug-likeness (QED) is 0.176. The highest BCUT2D eigenvalue weighted by Crippen LogP contribution is 2.16. The Morgan fingerprint density at radius 3 is 2.50 bits per heavy atom. The van der Waals surface area contributed by atoms with Gasteiger partial charge in [-0.25, -0.2) is 10.2 Å². The van der Waals surface area contributed by atoms with Crippen molar-refractivity contribution in [2.75, 3.05) is 0 Å². The Balaban J connectivity index is 1.63. The summed E-state index contributed by atoms with van der Waals surface area (Å²) in [5.41, 5.74) is 4.10. The molecule has 0 aliphatic heterocycles. The van der Waals surface area contributed by atoms with Gasteiger partial charge in [-0.05, 0) is 76.7 Å². The van der Waals surface area contributed by atoms with Gasteiger partial charge in [-0.1, -0.05) is 35.9 Å². The molecule has 0 saturated carbocycles. The van der Waals surface area contributed by atoms with Gasteiger partial charge in [-0.15, -0.1) is 0 Å². The molecule has 0 aromatic heterocycles. The van der Waals surface area contributed by atoms with E-state index in [1.807, 2.05) is 12.1 Å². The number of nitrogens with zero attached hydrogens (tertiary/aromatic N) is 1. The number of amides is 1. The lowest BCUT2D eigenvalue weighted by Gasteiger charge is -2.05. The van der Waals surface area contributed by atoms with Gasteiger partial charge in [-0.2, -0.15) is 5.10 Å². The molecule has 0 atom stereocenters. The minimum absolute atomic E-state index is 0.299. The van der Waals surface area contributed by atoms with E-state index in [0.717, 1.165) is 3.57 Å². The van der Waals surface area contributed by atoms with Crippen molar-refractivity contribution in [3.63, 3.8) is 0 Å². The Kier molecular flexibility index (Phi) is 6.78. The fourth-order valence-electron chi connectivity index (χ4n) is 2.28. The summed E-state index contributed by atoms with van der Waals surface area (Å²) in [5.74, 6) is -0.419. The Labute approximate surface area is 180 Å². The van der Waals surface area contributed by atoms with E-state index in [4.69, 9.17) is 16.3 Å². The van der Waals surface area contributed by atoms with Gasteiger partial charge in [0, 0.05) is 8.59 Å². The van der Waals surface area contributed by atoms with E-state index in [2.05, 4.69) is 33.1 Å². The number of hydrogen-bond acceptors (Lipinski definition) is 4. The number of hydrogen-bond donors (Lipinski definition) is 1. The van der Waals surface area contributed by atoms with Crippen LogP contribution in [0.25, 0.3) is 0 Å². The van der Waals surface area contributed by atoms with Gasteiger partial charge < -0.3 is 4.74 Å². The highest BCUT2D eigenvalue weighted by Gasteiger charge is 2.09. The molecule has 0 aliphatic rings. The summed E-state index contributed by atoms with van der Waals surface area (Å²) in [6.45, 7) is 0. The Morgan fingerprint density at radius 2 is 1.75 bits per heavy atom. The summed E-state index contributed by atoms with van der Waals surface area (Å²) in [6, 6.07) is 20.5. The van der Waals surface area contributed by atoms with E-state index in [0.29, 0.717) is 27.5 Å². The molecule has 0 radical (unpaired) electrons. The van der Waals surface area contributed by atoms with Crippen molar-refractivity contribution in [2.24, 2.45) is 5.10 Å². The first-order chi connectivity index (χ1) is 13.5. The summed E-state index contributed by atoms with van der Waals surface area (Å²) < 4.78 is 6.20. The molecule has 0 saturated heterocycles. The summed E-state index contributed by atoms with van der Waals surface area (Å²) in [4.78, 5) is 24.3. The number of carbonyl (C=O) groups is 2. The summed E-state index contributed by atoms with van der Waals surface area (Å²) >= 11 is 7.91. The summed E-state index contributed by atoms with van der Waals surface area (Å²) in [6.07, 6.45) is 1.48. The third-order valence-corrected chi connectivity index (χ3v) is 4.84. The van der Waals surface area contributed by atoms with Crippen LogP contribution in [0.2, 0.25) is 5.02 Å². The third-order valence-electron chi connectivity index (χ3n) is 3.65. The first-order valence-electron chi connectivity index (χ1n) is 8.19. The maximum absolute atomic E-state index is 12.2. The van der Waals surface area contributed by atoms with Crippen molar-refractivity contribution in [3.05, 3.63) is 98.1 Å². The maximum atomic E-state index is 12.2. The monoisotopic (exact) mass is 504 g/mol. The molecule has 5 nitrogen and oxygen atoms in total. The molecule has 140 valence electrons.